The van der Waals surface area contributed by atoms with Crippen LogP contribution in [0.1, 0.15) is 11.1 Å². The third-order valence-corrected chi connectivity index (χ3v) is 2.50. The Balaban J connectivity index is 2.53. The summed E-state index contributed by atoms with van der Waals surface area (Å²) in [6, 6.07) is 5.57. The van der Waals surface area contributed by atoms with Gasteiger partial charge in [0.05, 0.1) is 19.8 Å². The van der Waals surface area contributed by atoms with Gasteiger partial charge in [-0.25, -0.2) is 0 Å². The van der Waals surface area contributed by atoms with Crippen molar-refractivity contribution in [2.24, 2.45) is 5.73 Å². The lowest BCUT2D eigenvalue weighted by Gasteiger charge is -2.09. The number of amides is 1. The van der Waals surface area contributed by atoms with Crippen LogP contribution in [0.3, 0.4) is 0 Å². The van der Waals surface area contributed by atoms with Crippen LogP contribution in [-0.4, -0.2) is 39.4 Å². The van der Waals surface area contributed by atoms with E-state index in [4.69, 9.17) is 15.2 Å². The van der Waals surface area contributed by atoms with Gasteiger partial charge in [-0.15, -0.1) is 0 Å². The van der Waals surface area contributed by atoms with E-state index in [1.165, 1.54) is 0 Å². The first-order valence-corrected chi connectivity index (χ1v) is 6.33. The van der Waals surface area contributed by atoms with Gasteiger partial charge in [0, 0.05) is 18.4 Å². The van der Waals surface area contributed by atoms with Crippen LogP contribution >= 0.6 is 0 Å². The summed E-state index contributed by atoms with van der Waals surface area (Å²) in [5.41, 5.74) is 7.90. The van der Waals surface area contributed by atoms with E-state index in [9.17, 15) is 4.79 Å². The largest absolute Gasteiger partial charge is 0.382 e. The van der Waals surface area contributed by atoms with Crippen molar-refractivity contribution >= 4 is 11.6 Å². The Morgan fingerprint density at radius 1 is 1.40 bits per heavy atom. The number of benzene rings is 1. The molecular weight excluding hydrogens is 256 g/mol. The van der Waals surface area contributed by atoms with Crippen LogP contribution in [0.15, 0.2) is 18.2 Å². The summed E-state index contributed by atoms with van der Waals surface area (Å²) in [7, 11) is 1.59. The van der Waals surface area contributed by atoms with E-state index in [0.717, 1.165) is 16.8 Å². The summed E-state index contributed by atoms with van der Waals surface area (Å²) in [5.74, 6) is 5.55. The molecule has 20 heavy (non-hydrogen) atoms. The molecule has 0 aliphatic heterocycles. The smallest absolute Gasteiger partial charge is 0.250 e. The van der Waals surface area contributed by atoms with Gasteiger partial charge in [-0.05, 0) is 30.7 Å². The maximum atomic E-state index is 11.7. The van der Waals surface area contributed by atoms with Crippen molar-refractivity contribution in [3.8, 4) is 11.8 Å². The number of hydrogen-bond acceptors (Lipinski definition) is 4. The average molecular weight is 276 g/mol. The van der Waals surface area contributed by atoms with Gasteiger partial charge in [-0.3, -0.25) is 4.79 Å². The molecule has 0 bridgehead atoms. The molecular formula is C15H20N2O3. The van der Waals surface area contributed by atoms with Gasteiger partial charge in [0.1, 0.15) is 6.61 Å². The van der Waals surface area contributed by atoms with Gasteiger partial charge >= 0.3 is 0 Å². The number of aryl methyl sites for hydroxylation is 1. The minimum Gasteiger partial charge on any atom is -0.382 e. The SMILES string of the molecule is COCCOCC(=O)Nc1ccc(C#CCN)cc1C. The Morgan fingerprint density at radius 2 is 2.20 bits per heavy atom. The molecule has 0 unspecified atom stereocenters. The van der Waals surface area contributed by atoms with Gasteiger partial charge in [-0.2, -0.15) is 0 Å². The summed E-state index contributed by atoms with van der Waals surface area (Å²) in [4.78, 5) is 11.7. The van der Waals surface area contributed by atoms with E-state index in [1.807, 2.05) is 25.1 Å². The lowest BCUT2D eigenvalue weighted by atomic mass is 10.1. The molecule has 0 aromatic heterocycles. The zero-order chi connectivity index (χ0) is 14.8. The zero-order valence-electron chi connectivity index (χ0n) is 11.9. The summed E-state index contributed by atoms with van der Waals surface area (Å²) < 4.78 is 9.98. The number of rotatable bonds is 6. The van der Waals surface area contributed by atoms with E-state index in [-0.39, 0.29) is 12.5 Å². The van der Waals surface area contributed by atoms with Gasteiger partial charge < -0.3 is 20.5 Å². The standard InChI is InChI=1S/C15H20N2O3/c1-12-10-13(4-3-7-16)5-6-14(12)17-15(18)11-20-9-8-19-2/h5-6,10H,7-9,11,16H2,1-2H3,(H,17,18). The predicted molar refractivity (Wildman–Crippen MR) is 78.4 cm³/mol. The third kappa shape index (κ3) is 5.85. The number of ether oxygens (including phenoxy) is 2. The molecule has 0 aliphatic rings. The van der Waals surface area contributed by atoms with Gasteiger partial charge in [0.2, 0.25) is 5.91 Å². The molecule has 0 saturated carbocycles. The maximum absolute atomic E-state index is 11.7. The number of methoxy groups -OCH3 is 1. The van der Waals surface area contributed by atoms with Crippen molar-refractivity contribution < 1.29 is 14.3 Å². The molecule has 1 rings (SSSR count). The fraction of sp³-hybridized carbons (Fsp3) is 0.400. The molecule has 3 N–H and O–H groups in total. The molecule has 0 heterocycles. The highest BCUT2D eigenvalue weighted by Crippen LogP contribution is 2.15. The van der Waals surface area contributed by atoms with Gasteiger partial charge in [-0.1, -0.05) is 11.8 Å². The zero-order valence-corrected chi connectivity index (χ0v) is 11.9. The Morgan fingerprint density at radius 3 is 2.85 bits per heavy atom. The molecule has 5 nitrogen and oxygen atoms in total. The average Bonchev–Trinajstić information content (AvgIpc) is 2.44. The lowest BCUT2D eigenvalue weighted by Crippen LogP contribution is -2.20. The fourth-order valence-corrected chi connectivity index (χ4v) is 1.53. The van der Waals surface area contributed by atoms with E-state index in [1.54, 1.807) is 7.11 Å². The first-order chi connectivity index (χ1) is 9.67. The second-order valence-electron chi connectivity index (χ2n) is 4.13. The molecule has 108 valence electrons. The highest BCUT2D eigenvalue weighted by molar-refractivity contribution is 5.92. The topological polar surface area (TPSA) is 73.6 Å². The number of hydrogen-bond donors (Lipinski definition) is 2. The van der Waals surface area contributed by atoms with Crippen molar-refractivity contribution in [3.63, 3.8) is 0 Å². The summed E-state index contributed by atoms with van der Waals surface area (Å²) in [6.07, 6.45) is 0. The highest BCUT2D eigenvalue weighted by Gasteiger charge is 2.05. The van der Waals surface area contributed by atoms with Crippen LogP contribution in [0.4, 0.5) is 5.69 Å². The molecule has 0 aliphatic carbocycles. The van der Waals surface area contributed by atoms with E-state index >= 15 is 0 Å². The minimum absolute atomic E-state index is 0.0114. The predicted octanol–water partition coefficient (Wildman–Crippen LogP) is 0.907. The van der Waals surface area contributed by atoms with Gasteiger partial charge in [0.25, 0.3) is 0 Å². The molecule has 0 saturated heterocycles. The minimum atomic E-state index is -0.190. The normalized spacial score (nSPS) is 9.75. The van der Waals surface area contributed by atoms with E-state index in [0.29, 0.717) is 19.8 Å². The van der Waals surface area contributed by atoms with Crippen molar-refractivity contribution in [2.45, 2.75) is 6.92 Å². The number of nitrogens with two attached hydrogens (primary N) is 1. The van der Waals surface area contributed by atoms with Crippen molar-refractivity contribution in [3.05, 3.63) is 29.3 Å². The summed E-state index contributed by atoms with van der Waals surface area (Å²) >= 11 is 0. The van der Waals surface area contributed by atoms with Crippen LogP contribution in [-0.2, 0) is 14.3 Å². The number of anilines is 1. The molecule has 0 atom stereocenters. The second kappa shape index (κ2) is 9.10. The molecule has 0 spiro atoms. The first kappa shape index (κ1) is 16.2. The fourth-order valence-electron chi connectivity index (χ4n) is 1.53. The third-order valence-electron chi connectivity index (χ3n) is 2.50. The van der Waals surface area contributed by atoms with Gasteiger partial charge in [0.15, 0.2) is 0 Å². The Bertz CT molecular complexity index is 504. The number of carbonyl (C=O) groups excluding carboxylic acids is 1. The molecule has 0 radical (unpaired) electrons. The maximum Gasteiger partial charge on any atom is 0.250 e. The molecule has 5 heteroatoms. The van der Waals surface area contributed by atoms with Crippen molar-refractivity contribution in [1.29, 1.82) is 0 Å². The lowest BCUT2D eigenvalue weighted by molar-refractivity contribution is -0.121. The van der Waals surface area contributed by atoms with Crippen LogP contribution in [0, 0.1) is 18.8 Å². The van der Waals surface area contributed by atoms with Crippen LogP contribution < -0.4 is 11.1 Å². The summed E-state index contributed by atoms with van der Waals surface area (Å²) in [6.45, 7) is 3.13. The van der Waals surface area contributed by atoms with E-state index < -0.39 is 0 Å². The molecule has 1 aromatic carbocycles. The Hall–Kier alpha value is -1.87. The highest BCUT2D eigenvalue weighted by atomic mass is 16.5. The van der Waals surface area contributed by atoms with Crippen LogP contribution in [0.5, 0.6) is 0 Å². The second-order valence-corrected chi connectivity index (χ2v) is 4.13. The first-order valence-electron chi connectivity index (χ1n) is 6.33. The van der Waals surface area contributed by atoms with Crippen LogP contribution in [0.25, 0.3) is 0 Å². The quantitative estimate of drug-likeness (QED) is 0.598. The molecule has 1 aromatic rings. The van der Waals surface area contributed by atoms with E-state index in [2.05, 4.69) is 17.2 Å². The van der Waals surface area contributed by atoms with Crippen molar-refractivity contribution in [2.75, 3.05) is 38.8 Å². The Labute approximate surface area is 119 Å². The summed E-state index contributed by atoms with van der Waals surface area (Å²) in [5, 5.41) is 2.79. The van der Waals surface area contributed by atoms with Crippen molar-refractivity contribution in [1.82, 2.24) is 0 Å². The molecule has 1 amide bonds. The monoisotopic (exact) mass is 276 g/mol. The number of carbonyl (C=O) groups is 1. The number of nitrogens with one attached hydrogen (secondary N) is 1. The van der Waals surface area contributed by atoms with Crippen LogP contribution in [0.2, 0.25) is 0 Å². The Kier molecular flexibility index (Phi) is 7.36. The molecule has 0 fully saturated rings.